The number of benzene rings is 2. The fourth-order valence-corrected chi connectivity index (χ4v) is 3.55. The van der Waals surface area contributed by atoms with Gasteiger partial charge in [0.1, 0.15) is 27.9 Å². The van der Waals surface area contributed by atoms with E-state index in [-0.39, 0.29) is 0 Å². The van der Waals surface area contributed by atoms with E-state index >= 15 is 0 Å². The molecule has 23 heavy (non-hydrogen) atoms. The number of sulfonamides is 1. The Morgan fingerprint density at radius 1 is 1.09 bits per heavy atom. The minimum absolute atomic E-state index is 0.381. The van der Waals surface area contributed by atoms with Gasteiger partial charge in [0, 0.05) is 5.39 Å². The van der Waals surface area contributed by atoms with Crippen LogP contribution in [-0.4, -0.2) is 8.42 Å². The van der Waals surface area contributed by atoms with Crippen molar-refractivity contribution in [2.24, 2.45) is 0 Å². The van der Waals surface area contributed by atoms with Crippen molar-refractivity contribution < 1.29 is 21.6 Å². The first kappa shape index (κ1) is 15.6. The molecule has 0 aliphatic carbocycles. The minimum atomic E-state index is -4.22. The highest BCUT2D eigenvalue weighted by Crippen LogP contribution is 2.25. The van der Waals surface area contributed by atoms with Crippen molar-refractivity contribution in [3.63, 3.8) is 0 Å². The van der Waals surface area contributed by atoms with Crippen LogP contribution in [0.5, 0.6) is 0 Å². The van der Waals surface area contributed by atoms with E-state index in [4.69, 9.17) is 4.42 Å². The van der Waals surface area contributed by atoms with Gasteiger partial charge >= 0.3 is 0 Å². The van der Waals surface area contributed by atoms with E-state index in [1.165, 1.54) is 0 Å². The summed E-state index contributed by atoms with van der Waals surface area (Å²) in [4.78, 5) is -0.736. The molecular formula is C16H13F2NO3S. The molecule has 0 aliphatic heterocycles. The summed E-state index contributed by atoms with van der Waals surface area (Å²) in [5.74, 6) is -1.47. The minimum Gasteiger partial charge on any atom is -0.459 e. The molecule has 0 aliphatic rings. The van der Waals surface area contributed by atoms with Crippen LogP contribution in [0.25, 0.3) is 11.0 Å². The molecule has 3 aromatic rings. The number of hydrogen-bond donors (Lipinski definition) is 1. The SMILES string of the molecule is C[C@H](NS(=O)(=O)c1cc(F)ccc1F)c1cc2ccccc2o1. The molecule has 7 heteroatoms. The number of rotatable bonds is 4. The van der Waals surface area contributed by atoms with Crippen molar-refractivity contribution in [2.75, 3.05) is 0 Å². The molecule has 0 radical (unpaired) electrons. The molecule has 0 amide bonds. The van der Waals surface area contributed by atoms with Gasteiger partial charge in [-0.15, -0.1) is 0 Å². The Bertz CT molecular complexity index is 933. The van der Waals surface area contributed by atoms with Gasteiger partial charge in [-0.2, -0.15) is 0 Å². The Morgan fingerprint density at radius 2 is 1.83 bits per heavy atom. The second-order valence-corrected chi connectivity index (χ2v) is 6.79. The molecule has 1 atom stereocenters. The topological polar surface area (TPSA) is 59.3 Å². The van der Waals surface area contributed by atoms with E-state index < -0.39 is 32.6 Å². The maximum atomic E-state index is 13.7. The Kier molecular flexibility index (Phi) is 3.91. The Labute approximate surface area is 131 Å². The lowest BCUT2D eigenvalue weighted by atomic mass is 10.2. The van der Waals surface area contributed by atoms with Crippen molar-refractivity contribution >= 4 is 21.0 Å². The highest BCUT2D eigenvalue weighted by Gasteiger charge is 2.24. The molecule has 0 spiro atoms. The van der Waals surface area contributed by atoms with Crippen LogP contribution < -0.4 is 4.72 Å². The van der Waals surface area contributed by atoms with E-state index in [1.54, 1.807) is 25.1 Å². The summed E-state index contributed by atoms with van der Waals surface area (Å²) >= 11 is 0. The molecule has 0 saturated heterocycles. The molecule has 0 bridgehead atoms. The predicted molar refractivity (Wildman–Crippen MR) is 81.3 cm³/mol. The molecule has 2 aromatic carbocycles. The zero-order valence-electron chi connectivity index (χ0n) is 12.1. The standard InChI is InChI=1S/C16H13F2NO3S/c1-10(15-8-11-4-2-3-5-14(11)22-15)19-23(20,21)16-9-12(17)6-7-13(16)18/h2-10,19H,1H3/t10-/m0/s1. The van der Waals surface area contributed by atoms with Gasteiger partial charge in [-0.05, 0) is 37.3 Å². The highest BCUT2D eigenvalue weighted by atomic mass is 32.2. The molecule has 0 saturated carbocycles. The van der Waals surface area contributed by atoms with Crippen LogP contribution in [0.4, 0.5) is 8.78 Å². The molecule has 120 valence electrons. The molecule has 1 N–H and O–H groups in total. The summed E-state index contributed by atoms with van der Waals surface area (Å²) in [6.07, 6.45) is 0. The number of hydrogen-bond acceptors (Lipinski definition) is 3. The summed E-state index contributed by atoms with van der Waals surface area (Å²) in [6.45, 7) is 1.56. The van der Waals surface area contributed by atoms with Gasteiger partial charge in [-0.3, -0.25) is 0 Å². The van der Waals surface area contributed by atoms with Crippen LogP contribution in [0.15, 0.2) is 57.8 Å². The van der Waals surface area contributed by atoms with Gasteiger partial charge in [-0.25, -0.2) is 21.9 Å². The summed E-state index contributed by atoms with van der Waals surface area (Å²) in [5.41, 5.74) is 0.616. The number of halogens is 2. The Balaban J connectivity index is 1.91. The van der Waals surface area contributed by atoms with E-state index in [1.807, 2.05) is 12.1 Å². The molecule has 3 rings (SSSR count). The number of fused-ring (bicyclic) bond motifs is 1. The fourth-order valence-electron chi connectivity index (χ4n) is 2.25. The Hall–Kier alpha value is -2.25. The Morgan fingerprint density at radius 3 is 2.57 bits per heavy atom. The van der Waals surface area contributed by atoms with Gasteiger partial charge in [0.25, 0.3) is 0 Å². The number of nitrogens with one attached hydrogen (secondary N) is 1. The maximum Gasteiger partial charge on any atom is 0.244 e. The molecule has 0 unspecified atom stereocenters. The van der Waals surface area contributed by atoms with Crippen molar-refractivity contribution in [3.8, 4) is 0 Å². The third-order valence-corrected chi connectivity index (χ3v) is 4.94. The summed E-state index contributed by atoms with van der Waals surface area (Å²) in [7, 11) is -4.22. The number of para-hydroxylation sites is 1. The third-order valence-electron chi connectivity index (χ3n) is 3.39. The van der Waals surface area contributed by atoms with E-state index in [2.05, 4.69) is 4.72 Å². The van der Waals surface area contributed by atoms with Crippen LogP contribution >= 0.6 is 0 Å². The highest BCUT2D eigenvalue weighted by molar-refractivity contribution is 7.89. The molecule has 4 nitrogen and oxygen atoms in total. The van der Waals surface area contributed by atoms with Crippen LogP contribution in [-0.2, 0) is 10.0 Å². The first-order valence-electron chi connectivity index (χ1n) is 6.83. The largest absolute Gasteiger partial charge is 0.459 e. The second kappa shape index (κ2) is 5.75. The zero-order chi connectivity index (χ0) is 16.6. The molecule has 0 fully saturated rings. The van der Waals surface area contributed by atoms with E-state index in [0.29, 0.717) is 17.4 Å². The first-order valence-corrected chi connectivity index (χ1v) is 8.31. The van der Waals surface area contributed by atoms with Crippen molar-refractivity contribution in [1.29, 1.82) is 0 Å². The summed E-state index contributed by atoms with van der Waals surface area (Å²) in [5, 5.41) is 0.825. The monoisotopic (exact) mass is 337 g/mol. The van der Waals surface area contributed by atoms with Gasteiger partial charge in [0.2, 0.25) is 10.0 Å². The van der Waals surface area contributed by atoms with Crippen LogP contribution in [0.1, 0.15) is 18.7 Å². The molecule has 1 aromatic heterocycles. The number of furan rings is 1. The average Bonchev–Trinajstić information content (AvgIpc) is 2.93. The maximum absolute atomic E-state index is 13.7. The van der Waals surface area contributed by atoms with Crippen molar-refractivity contribution in [3.05, 3.63) is 65.9 Å². The van der Waals surface area contributed by atoms with Gasteiger partial charge in [0.05, 0.1) is 6.04 Å². The normalized spacial score (nSPS) is 13.3. The predicted octanol–water partition coefficient (Wildman–Crippen LogP) is 3.75. The van der Waals surface area contributed by atoms with Crippen LogP contribution in [0.2, 0.25) is 0 Å². The van der Waals surface area contributed by atoms with Gasteiger partial charge in [0.15, 0.2) is 0 Å². The lowest BCUT2D eigenvalue weighted by Gasteiger charge is -2.12. The lowest BCUT2D eigenvalue weighted by Crippen LogP contribution is -2.27. The lowest BCUT2D eigenvalue weighted by molar-refractivity contribution is 0.481. The molecular weight excluding hydrogens is 324 g/mol. The second-order valence-electron chi connectivity index (χ2n) is 5.10. The third kappa shape index (κ3) is 3.11. The fraction of sp³-hybridized carbons (Fsp3) is 0.125. The first-order chi connectivity index (χ1) is 10.9. The van der Waals surface area contributed by atoms with Crippen LogP contribution in [0, 0.1) is 11.6 Å². The van der Waals surface area contributed by atoms with Crippen molar-refractivity contribution in [1.82, 2.24) is 4.72 Å². The summed E-state index contributed by atoms with van der Waals surface area (Å²) < 4.78 is 59.2. The molecule has 1 heterocycles. The summed E-state index contributed by atoms with van der Waals surface area (Å²) in [6, 6.07) is 10.4. The van der Waals surface area contributed by atoms with E-state index in [0.717, 1.165) is 17.5 Å². The van der Waals surface area contributed by atoms with E-state index in [9.17, 15) is 17.2 Å². The van der Waals surface area contributed by atoms with Gasteiger partial charge < -0.3 is 4.42 Å². The average molecular weight is 337 g/mol. The van der Waals surface area contributed by atoms with Gasteiger partial charge in [-0.1, -0.05) is 18.2 Å². The van der Waals surface area contributed by atoms with Crippen LogP contribution in [0.3, 0.4) is 0 Å². The zero-order valence-corrected chi connectivity index (χ0v) is 12.9. The van der Waals surface area contributed by atoms with Crippen molar-refractivity contribution in [2.45, 2.75) is 17.9 Å². The quantitative estimate of drug-likeness (QED) is 0.789. The smallest absolute Gasteiger partial charge is 0.244 e.